The Morgan fingerprint density at radius 3 is 2.59 bits per heavy atom. The summed E-state index contributed by atoms with van der Waals surface area (Å²) in [7, 11) is 0. The van der Waals surface area contributed by atoms with Gasteiger partial charge in [-0.1, -0.05) is 41.9 Å². The highest BCUT2D eigenvalue weighted by Gasteiger charge is 2.12. The van der Waals surface area contributed by atoms with E-state index in [4.69, 9.17) is 11.6 Å². The third-order valence-electron chi connectivity index (χ3n) is 3.46. The molecule has 0 bridgehead atoms. The van der Waals surface area contributed by atoms with Crippen molar-refractivity contribution in [3.8, 4) is 0 Å². The molecule has 22 heavy (non-hydrogen) atoms. The highest BCUT2D eigenvalue weighted by molar-refractivity contribution is 6.31. The predicted molar refractivity (Wildman–Crippen MR) is 88.2 cm³/mol. The van der Waals surface area contributed by atoms with Crippen LogP contribution in [0.15, 0.2) is 48.7 Å². The topological polar surface area (TPSA) is 62.2 Å². The number of aryl methyl sites for hydroxylation is 1. The lowest BCUT2D eigenvalue weighted by molar-refractivity contribution is 0.0698. The van der Waals surface area contributed by atoms with Gasteiger partial charge in [-0.25, -0.2) is 9.78 Å². The Hall–Kier alpha value is -2.59. The van der Waals surface area contributed by atoms with Crippen molar-refractivity contribution in [2.75, 3.05) is 5.32 Å². The molecule has 0 saturated carbocycles. The molecule has 3 rings (SSSR count). The zero-order chi connectivity index (χ0) is 15.7. The van der Waals surface area contributed by atoms with E-state index in [-0.39, 0.29) is 5.56 Å². The van der Waals surface area contributed by atoms with E-state index >= 15 is 0 Å². The average Bonchev–Trinajstić information content (AvgIpc) is 2.51. The normalized spacial score (nSPS) is 10.6. The summed E-state index contributed by atoms with van der Waals surface area (Å²) in [4.78, 5) is 15.5. The molecule has 0 atom stereocenters. The minimum Gasteiger partial charge on any atom is -0.478 e. The van der Waals surface area contributed by atoms with Crippen LogP contribution in [0.4, 0.5) is 11.5 Å². The number of carbonyl (C=O) groups is 1. The maximum atomic E-state index is 11.3. The molecule has 0 spiro atoms. The molecule has 4 nitrogen and oxygen atoms in total. The van der Waals surface area contributed by atoms with Gasteiger partial charge in [0.2, 0.25) is 0 Å². The molecule has 3 aromatic rings. The van der Waals surface area contributed by atoms with Gasteiger partial charge in [-0.05, 0) is 24.6 Å². The van der Waals surface area contributed by atoms with Crippen LogP contribution in [0.2, 0.25) is 5.02 Å². The minimum absolute atomic E-state index is 0.183. The standard InChI is InChI=1S/C17H13ClN2O2/c1-10-6-7-11(8-15(10)18)20-16-13-5-3-2-4-12(13)14(9-19-16)17(21)22/h2-9H,1H3,(H,19,20)(H,21,22). The first-order valence-corrected chi connectivity index (χ1v) is 7.08. The SMILES string of the molecule is Cc1ccc(Nc2ncc(C(=O)O)c3ccccc23)cc1Cl. The van der Waals surface area contributed by atoms with Crippen LogP contribution in [0.3, 0.4) is 0 Å². The lowest BCUT2D eigenvalue weighted by atomic mass is 10.1. The molecule has 2 aromatic carbocycles. The molecule has 2 N–H and O–H groups in total. The first-order valence-electron chi connectivity index (χ1n) is 6.70. The number of halogens is 1. The number of aromatic carboxylic acids is 1. The molecule has 1 heterocycles. The van der Waals surface area contributed by atoms with Crippen LogP contribution in [-0.4, -0.2) is 16.1 Å². The summed E-state index contributed by atoms with van der Waals surface area (Å²) in [5.74, 6) is -0.394. The molecule has 0 aliphatic heterocycles. The second-order valence-corrected chi connectivity index (χ2v) is 5.37. The number of nitrogens with zero attached hydrogens (tertiary/aromatic N) is 1. The van der Waals surface area contributed by atoms with Gasteiger partial charge >= 0.3 is 5.97 Å². The Kier molecular flexibility index (Phi) is 3.69. The van der Waals surface area contributed by atoms with Gasteiger partial charge in [-0.2, -0.15) is 0 Å². The third kappa shape index (κ3) is 2.61. The lowest BCUT2D eigenvalue weighted by Gasteiger charge is -2.11. The predicted octanol–water partition coefficient (Wildman–Crippen LogP) is 4.64. The Morgan fingerprint density at radius 2 is 1.91 bits per heavy atom. The third-order valence-corrected chi connectivity index (χ3v) is 3.87. The van der Waals surface area contributed by atoms with Crippen molar-refractivity contribution in [3.05, 3.63) is 64.8 Å². The second-order valence-electron chi connectivity index (χ2n) is 4.96. The van der Waals surface area contributed by atoms with Gasteiger partial charge in [-0.3, -0.25) is 0 Å². The van der Waals surface area contributed by atoms with E-state index in [0.29, 0.717) is 16.2 Å². The number of anilines is 2. The quantitative estimate of drug-likeness (QED) is 0.739. The van der Waals surface area contributed by atoms with Crippen molar-refractivity contribution >= 4 is 39.8 Å². The largest absolute Gasteiger partial charge is 0.478 e. The lowest BCUT2D eigenvalue weighted by Crippen LogP contribution is -2.02. The molecular formula is C17H13ClN2O2. The number of hydrogen-bond donors (Lipinski definition) is 2. The molecule has 0 radical (unpaired) electrons. The van der Waals surface area contributed by atoms with Crippen LogP contribution in [0, 0.1) is 6.92 Å². The van der Waals surface area contributed by atoms with Crippen LogP contribution >= 0.6 is 11.6 Å². The van der Waals surface area contributed by atoms with Crippen molar-refractivity contribution in [3.63, 3.8) is 0 Å². The fourth-order valence-corrected chi connectivity index (χ4v) is 2.45. The number of rotatable bonds is 3. The summed E-state index contributed by atoms with van der Waals surface area (Å²) < 4.78 is 0. The number of fused-ring (bicyclic) bond motifs is 1. The van der Waals surface area contributed by atoms with Gasteiger partial charge in [0.1, 0.15) is 5.82 Å². The van der Waals surface area contributed by atoms with Crippen LogP contribution < -0.4 is 5.32 Å². The summed E-state index contributed by atoms with van der Waals surface area (Å²) in [6.45, 7) is 1.93. The molecule has 1 aromatic heterocycles. The highest BCUT2D eigenvalue weighted by Crippen LogP contribution is 2.28. The minimum atomic E-state index is -0.992. The van der Waals surface area contributed by atoms with Crippen molar-refractivity contribution in [1.29, 1.82) is 0 Å². The van der Waals surface area contributed by atoms with Gasteiger partial charge in [0.25, 0.3) is 0 Å². The summed E-state index contributed by atoms with van der Waals surface area (Å²) in [6.07, 6.45) is 1.36. The molecule has 0 aliphatic rings. The van der Waals surface area contributed by atoms with E-state index in [9.17, 15) is 9.90 Å². The molecule has 0 saturated heterocycles. The second kappa shape index (κ2) is 5.66. The highest BCUT2D eigenvalue weighted by atomic mass is 35.5. The van der Waals surface area contributed by atoms with E-state index in [1.165, 1.54) is 6.20 Å². The van der Waals surface area contributed by atoms with Crippen molar-refractivity contribution < 1.29 is 9.90 Å². The molecule has 110 valence electrons. The first-order chi connectivity index (χ1) is 10.6. The van der Waals surface area contributed by atoms with Crippen molar-refractivity contribution in [2.24, 2.45) is 0 Å². The molecule has 0 unspecified atom stereocenters. The van der Waals surface area contributed by atoms with Crippen LogP contribution in [0.5, 0.6) is 0 Å². The van der Waals surface area contributed by atoms with Crippen LogP contribution in [-0.2, 0) is 0 Å². The average molecular weight is 313 g/mol. The number of nitrogens with one attached hydrogen (secondary N) is 1. The molecular weight excluding hydrogens is 300 g/mol. The van der Waals surface area contributed by atoms with E-state index in [0.717, 1.165) is 16.6 Å². The summed E-state index contributed by atoms with van der Waals surface area (Å²) in [6, 6.07) is 12.9. The molecule has 0 amide bonds. The van der Waals surface area contributed by atoms with E-state index in [1.807, 2.05) is 37.3 Å². The van der Waals surface area contributed by atoms with Crippen molar-refractivity contribution in [1.82, 2.24) is 4.98 Å². The first kappa shape index (κ1) is 14.4. The zero-order valence-electron chi connectivity index (χ0n) is 11.8. The Bertz CT molecular complexity index is 878. The smallest absolute Gasteiger partial charge is 0.337 e. The fraction of sp³-hybridized carbons (Fsp3) is 0.0588. The van der Waals surface area contributed by atoms with Gasteiger partial charge in [0, 0.05) is 27.7 Å². The van der Waals surface area contributed by atoms with Gasteiger partial charge in [0.15, 0.2) is 0 Å². The van der Waals surface area contributed by atoms with E-state index in [1.54, 1.807) is 12.1 Å². The Labute approximate surface area is 132 Å². The molecule has 5 heteroatoms. The maximum Gasteiger partial charge on any atom is 0.337 e. The Morgan fingerprint density at radius 1 is 1.18 bits per heavy atom. The van der Waals surface area contributed by atoms with Crippen LogP contribution in [0.25, 0.3) is 10.8 Å². The summed E-state index contributed by atoms with van der Waals surface area (Å²) in [5.41, 5.74) is 1.98. The number of pyridine rings is 1. The fourth-order valence-electron chi connectivity index (χ4n) is 2.27. The van der Waals surface area contributed by atoms with E-state index < -0.39 is 5.97 Å². The number of hydrogen-bond acceptors (Lipinski definition) is 3. The van der Waals surface area contributed by atoms with Crippen LogP contribution in [0.1, 0.15) is 15.9 Å². The number of benzene rings is 2. The van der Waals surface area contributed by atoms with Gasteiger partial charge in [0.05, 0.1) is 5.56 Å². The monoisotopic (exact) mass is 312 g/mol. The Balaban J connectivity index is 2.10. The van der Waals surface area contributed by atoms with E-state index in [2.05, 4.69) is 10.3 Å². The number of carboxylic acids is 1. The summed E-state index contributed by atoms with van der Waals surface area (Å²) >= 11 is 6.13. The molecule has 0 fully saturated rings. The maximum absolute atomic E-state index is 11.3. The van der Waals surface area contributed by atoms with Crippen molar-refractivity contribution in [2.45, 2.75) is 6.92 Å². The summed E-state index contributed by atoms with van der Waals surface area (Å²) in [5, 5.41) is 14.5. The number of carboxylic acid groups (broad SMARTS) is 1. The van der Waals surface area contributed by atoms with Gasteiger partial charge < -0.3 is 10.4 Å². The zero-order valence-corrected chi connectivity index (χ0v) is 12.6. The number of aromatic nitrogens is 1. The molecule has 0 aliphatic carbocycles. The van der Waals surface area contributed by atoms with Gasteiger partial charge in [-0.15, -0.1) is 0 Å².